The Labute approximate surface area is 239 Å². The molecular weight excluding hydrogens is 562 g/mol. The van der Waals surface area contributed by atoms with Crippen molar-refractivity contribution in [2.45, 2.75) is 49.2 Å². The Bertz CT molecular complexity index is 1440. The SMILES string of the molecule is COc1cc(F)ccc1-c1ccncc1CNC(=O)c1cc(SC2CN(C(=O)OC(C)(C)C)C2)cc(C(F)(F)F)c1. The second-order valence-electron chi connectivity index (χ2n) is 10.4. The lowest BCUT2D eigenvalue weighted by Crippen LogP contribution is -2.53. The van der Waals surface area contributed by atoms with Crippen LogP contribution < -0.4 is 10.1 Å². The van der Waals surface area contributed by atoms with Crippen molar-refractivity contribution >= 4 is 23.8 Å². The first-order valence-corrected chi connectivity index (χ1v) is 13.5. The number of carbonyl (C=O) groups excluding carboxylic acids is 2. The normalized spacial score (nSPS) is 13.9. The molecular formula is C29H29F4N3O4S. The summed E-state index contributed by atoms with van der Waals surface area (Å²) in [6.07, 6.45) is -2.10. The number of likely N-dealkylation sites (tertiary alicyclic amines) is 1. The molecule has 2 aromatic carbocycles. The van der Waals surface area contributed by atoms with E-state index in [1.165, 1.54) is 60.4 Å². The number of hydrogen-bond donors (Lipinski definition) is 1. The fourth-order valence-corrected chi connectivity index (χ4v) is 5.42. The van der Waals surface area contributed by atoms with Crippen molar-refractivity contribution in [3.05, 3.63) is 77.4 Å². The zero-order chi connectivity index (χ0) is 29.9. The summed E-state index contributed by atoms with van der Waals surface area (Å²) in [5, 5.41) is 2.52. The zero-order valence-corrected chi connectivity index (χ0v) is 23.7. The number of thioether (sulfide) groups is 1. The Morgan fingerprint density at radius 3 is 2.46 bits per heavy atom. The molecule has 218 valence electrons. The Morgan fingerprint density at radius 2 is 1.80 bits per heavy atom. The molecule has 1 aliphatic rings. The number of alkyl halides is 3. The van der Waals surface area contributed by atoms with E-state index in [9.17, 15) is 27.2 Å². The van der Waals surface area contributed by atoms with E-state index >= 15 is 0 Å². The van der Waals surface area contributed by atoms with Crippen LogP contribution in [0.1, 0.15) is 42.3 Å². The average molecular weight is 592 g/mol. The minimum atomic E-state index is -4.66. The number of nitrogens with one attached hydrogen (secondary N) is 1. The van der Waals surface area contributed by atoms with Gasteiger partial charge in [-0.15, -0.1) is 11.8 Å². The molecule has 0 aliphatic carbocycles. The number of methoxy groups -OCH3 is 1. The maximum absolute atomic E-state index is 13.7. The number of benzene rings is 2. The van der Waals surface area contributed by atoms with Crippen LogP contribution in [-0.2, 0) is 17.5 Å². The highest BCUT2D eigenvalue weighted by atomic mass is 32.2. The van der Waals surface area contributed by atoms with Gasteiger partial charge in [-0.2, -0.15) is 13.2 Å². The molecule has 3 aromatic rings. The Morgan fingerprint density at radius 1 is 1.07 bits per heavy atom. The molecule has 41 heavy (non-hydrogen) atoms. The molecule has 2 amide bonds. The van der Waals surface area contributed by atoms with Gasteiger partial charge in [0, 0.05) is 59.4 Å². The van der Waals surface area contributed by atoms with Gasteiger partial charge in [0.05, 0.1) is 12.7 Å². The van der Waals surface area contributed by atoms with E-state index in [2.05, 4.69) is 10.3 Å². The van der Waals surface area contributed by atoms with Gasteiger partial charge in [0.25, 0.3) is 5.91 Å². The number of carbonyl (C=O) groups is 2. The third kappa shape index (κ3) is 7.69. The monoisotopic (exact) mass is 591 g/mol. The predicted octanol–water partition coefficient (Wildman–Crippen LogP) is 6.56. The number of rotatable bonds is 7. The first kappa shape index (κ1) is 30.2. The number of hydrogen-bond acceptors (Lipinski definition) is 6. The molecule has 0 spiro atoms. The molecule has 1 aromatic heterocycles. The van der Waals surface area contributed by atoms with Crippen LogP contribution in [0, 0.1) is 5.82 Å². The van der Waals surface area contributed by atoms with Gasteiger partial charge in [0.2, 0.25) is 0 Å². The Kier molecular flexibility index (Phi) is 8.81. The number of ether oxygens (including phenoxy) is 2. The van der Waals surface area contributed by atoms with Crippen molar-refractivity contribution in [1.29, 1.82) is 0 Å². The summed E-state index contributed by atoms with van der Waals surface area (Å²) >= 11 is 1.17. The van der Waals surface area contributed by atoms with Crippen LogP contribution in [0.5, 0.6) is 5.75 Å². The number of halogens is 4. The molecule has 0 saturated carbocycles. The van der Waals surface area contributed by atoms with E-state index in [1.807, 2.05) is 0 Å². The first-order valence-electron chi connectivity index (χ1n) is 12.7. The van der Waals surface area contributed by atoms with E-state index in [-0.39, 0.29) is 28.0 Å². The molecule has 12 heteroatoms. The second-order valence-corrected chi connectivity index (χ2v) is 11.8. The highest BCUT2D eigenvalue weighted by Crippen LogP contribution is 2.37. The summed E-state index contributed by atoms with van der Waals surface area (Å²) < 4.78 is 65.4. The van der Waals surface area contributed by atoms with Crippen LogP contribution in [0.15, 0.2) is 59.8 Å². The standard InChI is InChI=1S/C29H29F4N3O4S/c1-28(2,3)40-27(38)36-15-22(16-36)41-21-10-17(9-19(11-21)29(31,32)33)26(37)35-14-18-13-34-8-7-23(18)24-6-5-20(30)12-25(24)39-4/h5-13,22H,14-16H2,1-4H3,(H,35,37). The maximum atomic E-state index is 13.7. The van der Waals surface area contributed by atoms with Crippen LogP contribution in [0.4, 0.5) is 22.4 Å². The van der Waals surface area contributed by atoms with E-state index in [1.54, 1.807) is 26.8 Å². The van der Waals surface area contributed by atoms with Gasteiger partial charge >= 0.3 is 12.3 Å². The average Bonchev–Trinajstić information content (AvgIpc) is 2.87. The van der Waals surface area contributed by atoms with Gasteiger partial charge in [-0.1, -0.05) is 0 Å². The van der Waals surface area contributed by atoms with Crippen LogP contribution in [-0.4, -0.2) is 52.9 Å². The molecule has 1 saturated heterocycles. The van der Waals surface area contributed by atoms with Gasteiger partial charge in [-0.05, 0) is 68.3 Å². The topological polar surface area (TPSA) is 80.8 Å². The smallest absolute Gasteiger partial charge is 0.416 e. The fraction of sp³-hybridized carbons (Fsp3) is 0.345. The maximum Gasteiger partial charge on any atom is 0.416 e. The summed E-state index contributed by atoms with van der Waals surface area (Å²) in [4.78, 5) is 31.1. The summed E-state index contributed by atoms with van der Waals surface area (Å²) in [5.74, 6) is -0.903. The van der Waals surface area contributed by atoms with Gasteiger partial charge in [0.15, 0.2) is 0 Å². The van der Waals surface area contributed by atoms with Crippen molar-refractivity contribution < 1.29 is 36.6 Å². The number of amides is 2. The van der Waals surface area contributed by atoms with Crippen molar-refractivity contribution in [2.75, 3.05) is 20.2 Å². The predicted molar refractivity (Wildman–Crippen MR) is 146 cm³/mol. The molecule has 0 unspecified atom stereocenters. The van der Waals surface area contributed by atoms with Gasteiger partial charge < -0.3 is 19.7 Å². The summed E-state index contributed by atoms with van der Waals surface area (Å²) in [7, 11) is 1.41. The van der Waals surface area contributed by atoms with Crippen molar-refractivity contribution in [1.82, 2.24) is 15.2 Å². The third-order valence-corrected chi connectivity index (χ3v) is 7.23. The van der Waals surface area contributed by atoms with Crippen molar-refractivity contribution in [3.8, 4) is 16.9 Å². The second kappa shape index (κ2) is 12.0. The van der Waals surface area contributed by atoms with E-state index in [0.29, 0.717) is 29.8 Å². The summed E-state index contributed by atoms with van der Waals surface area (Å²) in [6.45, 7) is 5.83. The van der Waals surface area contributed by atoms with Crippen LogP contribution >= 0.6 is 11.8 Å². The number of aromatic nitrogens is 1. The minimum absolute atomic E-state index is 0.0469. The number of nitrogens with zero attached hydrogens (tertiary/aromatic N) is 2. The summed E-state index contributed by atoms with van der Waals surface area (Å²) in [6, 6.07) is 8.92. The molecule has 2 heterocycles. The van der Waals surface area contributed by atoms with Crippen LogP contribution in [0.3, 0.4) is 0 Å². The Hall–Kier alpha value is -3.80. The van der Waals surface area contributed by atoms with Gasteiger partial charge in [-0.3, -0.25) is 9.78 Å². The third-order valence-electron chi connectivity index (χ3n) is 6.10. The minimum Gasteiger partial charge on any atom is -0.496 e. The van der Waals surface area contributed by atoms with Crippen molar-refractivity contribution in [2.24, 2.45) is 0 Å². The van der Waals surface area contributed by atoms with Crippen LogP contribution in [0.25, 0.3) is 11.1 Å². The summed E-state index contributed by atoms with van der Waals surface area (Å²) in [5.41, 5.74) is -0.00920. The number of pyridine rings is 1. The highest BCUT2D eigenvalue weighted by molar-refractivity contribution is 8.00. The lowest BCUT2D eigenvalue weighted by Gasteiger charge is -2.39. The highest BCUT2D eigenvalue weighted by Gasteiger charge is 2.36. The Balaban J connectivity index is 1.49. The molecule has 1 N–H and O–H groups in total. The van der Waals surface area contributed by atoms with Gasteiger partial charge in [0.1, 0.15) is 17.2 Å². The largest absolute Gasteiger partial charge is 0.496 e. The molecule has 7 nitrogen and oxygen atoms in total. The molecule has 1 aliphatic heterocycles. The van der Waals surface area contributed by atoms with E-state index in [0.717, 1.165) is 12.1 Å². The van der Waals surface area contributed by atoms with E-state index in [4.69, 9.17) is 9.47 Å². The quantitative estimate of drug-likeness (QED) is 0.314. The zero-order valence-electron chi connectivity index (χ0n) is 22.8. The fourth-order valence-electron chi connectivity index (χ4n) is 4.14. The lowest BCUT2D eigenvalue weighted by molar-refractivity contribution is -0.137. The molecule has 0 bridgehead atoms. The lowest BCUT2D eigenvalue weighted by atomic mass is 10.0. The first-order chi connectivity index (χ1) is 19.2. The van der Waals surface area contributed by atoms with Crippen molar-refractivity contribution in [3.63, 3.8) is 0 Å². The molecule has 1 fully saturated rings. The van der Waals surface area contributed by atoms with Crippen LogP contribution in [0.2, 0.25) is 0 Å². The molecule has 4 rings (SSSR count). The van der Waals surface area contributed by atoms with E-state index < -0.39 is 35.2 Å². The van der Waals surface area contributed by atoms with Gasteiger partial charge in [-0.25, -0.2) is 9.18 Å². The molecule has 0 atom stereocenters. The molecule has 0 radical (unpaired) electrons.